The summed E-state index contributed by atoms with van der Waals surface area (Å²) in [5.41, 5.74) is -4.60. The molecule has 0 radical (unpaired) electrons. The number of ketones is 1. The normalized spacial score (nSPS) is 53.1. The Hall–Kier alpha value is -4.29. The highest BCUT2D eigenvalue weighted by Crippen LogP contribution is 2.95. The van der Waals surface area contributed by atoms with Crippen LogP contribution < -0.4 is 5.32 Å². The number of benzene rings is 1. The van der Waals surface area contributed by atoms with Crippen LogP contribution in [0.5, 0.6) is 0 Å². The van der Waals surface area contributed by atoms with E-state index in [0.29, 0.717) is 68.1 Å². The van der Waals surface area contributed by atoms with Crippen molar-refractivity contribution in [2.24, 2.45) is 127 Å². The molecule has 28 atom stereocenters. The third kappa shape index (κ3) is 6.31. The van der Waals surface area contributed by atoms with E-state index >= 15 is 19.5 Å². The van der Waals surface area contributed by atoms with Crippen molar-refractivity contribution < 1.29 is 53.1 Å². The molecule has 1 aromatic carbocycles. The van der Waals surface area contributed by atoms with E-state index < -0.39 is 92.0 Å². The van der Waals surface area contributed by atoms with Gasteiger partial charge in [0.2, 0.25) is 0 Å². The molecule has 2 aromatic rings. The summed E-state index contributed by atoms with van der Waals surface area (Å²) in [6, 6.07) is 11.4. The second-order valence-corrected chi connectivity index (χ2v) is 36.8. The van der Waals surface area contributed by atoms with Crippen molar-refractivity contribution in [3.63, 3.8) is 0 Å². The van der Waals surface area contributed by atoms with E-state index in [1.165, 1.54) is 43.2 Å². The van der Waals surface area contributed by atoms with E-state index in [1.54, 1.807) is 0 Å². The maximum Gasteiger partial charge on any atom is 0.339 e. The number of esters is 2. The van der Waals surface area contributed by atoms with Crippen LogP contribution in [0.25, 0.3) is 0 Å². The Morgan fingerprint density at radius 2 is 1.68 bits per heavy atom. The fourth-order valence-electron chi connectivity index (χ4n) is 33.1. The van der Waals surface area contributed by atoms with E-state index in [4.69, 9.17) is 23.4 Å². The van der Waals surface area contributed by atoms with Gasteiger partial charge >= 0.3 is 11.9 Å². The standard InChI is InChI=1S/C82H100N2O11/c1-73-39-57-58-22-23-63-74(27-8-9-28-74)31-32-75(63)29-24-53-37-54-25-30-77(51-12-6-3-7-13-51)67-65(87)69(88)79(66(57)76(67)43-92-71(89)68(78(53,58)75)81(54,76)95-77)59-35-46(34-45-10-4-2-5-11-45)14-15-47(59)16-19-52-20-17-50-42-91-62(64(50)80(52,73)94-72(90)70-82(73,79)93-70)38-56(61(86)41-85)48-18-21-55-49(36-48)26-33-84-44-83-40-60(55)84/h2,4-5,10-11,25-26,33,42,46-49,51-53,55-61,63,66-70,83,85-86,88H,3,6-9,12-15,17-18,20-24,27-32,34-41,43-44H2,1H3/t46-,47-,48+,49-,52+,53-,55+,56+,57+,58+,59+,60+,61-,63+,66-,67+,68+,69-,70-,73+,75-,76-,77-,78+,79+,80+,81+,82-/m1/s1. The number of allylic oxidation sites excluding steroid dienone is 1. The molecule has 22 rings (SSSR count). The molecular weight excluding hydrogens is 1190 g/mol. The predicted octanol–water partition coefficient (Wildman–Crippen LogP) is 11.3. The molecule has 5 saturated heterocycles. The summed E-state index contributed by atoms with van der Waals surface area (Å²) >= 11 is 0. The van der Waals surface area contributed by atoms with Gasteiger partial charge in [-0.15, -0.1) is 0 Å². The minimum absolute atomic E-state index is 0.0206. The van der Waals surface area contributed by atoms with Crippen molar-refractivity contribution in [3.8, 4) is 11.8 Å². The number of carbonyl (C=O) groups is 3. The van der Waals surface area contributed by atoms with Crippen molar-refractivity contribution in [3.05, 3.63) is 83.0 Å². The van der Waals surface area contributed by atoms with Gasteiger partial charge < -0.3 is 43.6 Å². The third-order valence-electron chi connectivity index (χ3n) is 35.2. The molecule has 0 unspecified atom stereocenters. The van der Waals surface area contributed by atoms with Gasteiger partial charge in [-0.25, -0.2) is 4.79 Å². The molecule has 13 nitrogen and oxygen atoms in total. The van der Waals surface area contributed by atoms with Crippen LogP contribution in [0.3, 0.4) is 0 Å². The summed E-state index contributed by atoms with van der Waals surface area (Å²) in [6.07, 6.45) is 32.3. The number of fused-ring (bicyclic) bond motifs is 9. The molecule has 20 aliphatic rings. The van der Waals surface area contributed by atoms with Gasteiger partial charge in [0.05, 0.1) is 54.4 Å². The molecule has 8 spiro atoms. The first-order valence-corrected chi connectivity index (χ1v) is 39.0. The van der Waals surface area contributed by atoms with Gasteiger partial charge in [-0.05, 0) is 251 Å². The molecule has 0 amide bonds. The predicted molar refractivity (Wildman–Crippen MR) is 348 cm³/mol. The van der Waals surface area contributed by atoms with Crippen LogP contribution in [0.1, 0.15) is 190 Å². The molecule has 4 N–H and O–H groups in total. The van der Waals surface area contributed by atoms with Crippen LogP contribution in [0.4, 0.5) is 0 Å². The number of aryl methyl sites for hydroxylation is 1. The van der Waals surface area contributed by atoms with Crippen LogP contribution in [-0.2, 0) is 58.2 Å². The number of furan rings is 1. The lowest BCUT2D eigenvalue weighted by Crippen LogP contribution is -2.84. The Bertz CT molecular complexity index is 3780. The summed E-state index contributed by atoms with van der Waals surface area (Å²) < 4.78 is 39.5. The summed E-state index contributed by atoms with van der Waals surface area (Å²) in [7, 11) is 0. The maximum absolute atomic E-state index is 18.2. The molecule has 7 aliphatic heterocycles. The SMILES string of the molecule is C[C@]12C[C@@H]3[C@@H]4[C@@]56COC(=O)[C@H]7[C@@]89[C@H](CC[C@]8%10CCC8(CCCC8)[C@@H]%10CC[C@@H]39)CC3=CC[C@](C8CCCCC8)(O[C@@]375)[C@H]6C(=O)[C@@H](O)[C@]43[C@H]4C[C@@H](Cc5ccccc5)CC[C@@H]4C#C[C@H]4CCc5coc(C[C@@H]([C@H]6CC[C@H]7[C@H](C=CN8CNC[C@@H]78)C6)[C@H](O)CO)c5[C@@]41OC(=O)[C@H]1O[C@@]132. The number of epoxide rings is 1. The molecule has 8 heterocycles. The second kappa shape index (κ2) is 19.2. The lowest BCUT2D eigenvalue weighted by molar-refractivity contribution is -0.322. The van der Waals surface area contributed by atoms with Crippen molar-refractivity contribution >= 4 is 17.7 Å². The molecule has 9 bridgehead atoms. The van der Waals surface area contributed by atoms with Gasteiger partial charge in [0.1, 0.15) is 29.7 Å². The zero-order chi connectivity index (χ0) is 63.4. The van der Waals surface area contributed by atoms with Crippen LogP contribution in [0.2, 0.25) is 0 Å². The average molecular weight is 1290 g/mol. The number of cyclic esters (lactones) is 1. The number of hydrogen-bond donors (Lipinski definition) is 4. The topological polar surface area (TPSA) is 181 Å². The molecule has 504 valence electrons. The minimum Gasteiger partial charge on any atom is -0.469 e. The smallest absolute Gasteiger partial charge is 0.339 e. The van der Waals surface area contributed by atoms with Crippen molar-refractivity contribution in [1.29, 1.82) is 0 Å². The monoisotopic (exact) mass is 1290 g/mol. The highest BCUT2D eigenvalue weighted by Gasteiger charge is 3.02. The zero-order valence-corrected chi connectivity index (χ0v) is 55.9. The Labute approximate surface area is 560 Å². The highest BCUT2D eigenvalue weighted by atomic mass is 16.7. The average Bonchev–Trinajstić information content (AvgIpc) is 1.42. The second-order valence-electron chi connectivity index (χ2n) is 36.8. The zero-order valence-electron chi connectivity index (χ0n) is 55.9. The molecule has 11 saturated carbocycles. The number of ether oxygens (including phenoxy) is 4. The molecule has 13 heteroatoms. The molecular formula is C82H100N2O11. The fraction of sp³-hybridized carbons (Fsp3) is 0.768. The first-order chi connectivity index (χ1) is 46.3. The van der Waals surface area contributed by atoms with E-state index in [-0.39, 0.29) is 89.1 Å². The van der Waals surface area contributed by atoms with Crippen LogP contribution >= 0.6 is 0 Å². The molecule has 13 aliphatic carbocycles. The van der Waals surface area contributed by atoms with Crippen molar-refractivity contribution in [2.45, 2.75) is 233 Å². The summed E-state index contributed by atoms with van der Waals surface area (Å²) in [5, 5.41) is 42.8. The van der Waals surface area contributed by atoms with E-state index in [2.05, 4.69) is 77.7 Å². The van der Waals surface area contributed by atoms with Crippen molar-refractivity contribution in [2.75, 3.05) is 26.4 Å². The van der Waals surface area contributed by atoms with E-state index in [0.717, 1.165) is 133 Å². The minimum atomic E-state index is -1.54. The van der Waals surface area contributed by atoms with Crippen LogP contribution in [0.15, 0.2) is 64.9 Å². The Morgan fingerprint density at radius 1 is 0.821 bits per heavy atom. The van der Waals surface area contributed by atoms with E-state index in [1.807, 2.05) is 6.26 Å². The number of aliphatic hydroxyl groups is 3. The number of hydrogen-bond acceptors (Lipinski definition) is 13. The van der Waals surface area contributed by atoms with E-state index in [9.17, 15) is 10.2 Å². The molecule has 95 heavy (non-hydrogen) atoms. The third-order valence-corrected chi connectivity index (χ3v) is 35.2. The van der Waals surface area contributed by atoms with Gasteiger partial charge in [0.25, 0.3) is 0 Å². The maximum atomic E-state index is 18.2. The van der Waals surface area contributed by atoms with Crippen molar-refractivity contribution in [1.82, 2.24) is 10.2 Å². The molecule has 16 fully saturated rings. The van der Waals surface area contributed by atoms with Crippen LogP contribution in [-0.4, -0.2) is 106 Å². The Kier molecular flexibility index (Phi) is 11.8. The molecule has 1 aromatic heterocycles. The largest absolute Gasteiger partial charge is 0.469 e. The number of rotatable bonds is 8. The Morgan fingerprint density at radius 3 is 2.54 bits per heavy atom. The first-order valence-electron chi connectivity index (χ1n) is 39.0. The van der Waals surface area contributed by atoms with Gasteiger partial charge in [-0.1, -0.05) is 93.4 Å². The van der Waals surface area contributed by atoms with Gasteiger partial charge in [0.15, 0.2) is 17.5 Å². The summed E-state index contributed by atoms with van der Waals surface area (Å²) in [4.78, 5) is 54.3. The Balaban J connectivity index is 0.811. The number of nitrogens with zero attached hydrogens (tertiary/aromatic N) is 1. The highest BCUT2D eigenvalue weighted by molar-refractivity contribution is 5.94. The quantitative estimate of drug-likeness (QED) is 0.0849. The van der Waals surface area contributed by atoms with Gasteiger partial charge in [-0.2, -0.15) is 0 Å². The number of nitrogens with one attached hydrogen (secondary N) is 1. The van der Waals surface area contributed by atoms with Gasteiger partial charge in [-0.3, -0.25) is 14.9 Å². The summed E-state index contributed by atoms with van der Waals surface area (Å²) in [6.45, 7) is 3.97. The van der Waals surface area contributed by atoms with Crippen LogP contribution in [0, 0.1) is 139 Å². The lowest BCUT2D eigenvalue weighted by Gasteiger charge is -2.75. The number of aliphatic hydroxyl groups excluding tert-OH is 3. The number of carbonyl (C=O) groups excluding carboxylic acids is 3. The lowest BCUT2D eigenvalue weighted by atomic mass is 9.27. The fourth-order valence-corrected chi connectivity index (χ4v) is 33.1. The first kappa shape index (κ1) is 58.5. The van der Waals surface area contributed by atoms with Gasteiger partial charge in [0, 0.05) is 41.3 Å². The summed E-state index contributed by atoms with van der Waals surface area (Å²) in [5.74, 6) is 6.88. The number of Topliss-reactive ketones (excluding diaryl/α,β-unsaturated/α-hetero) is 1.